The molecule has 0 aliphatic carbocycles. The second-order valence-electron chi connectivity index (χ2n) is 0.577. The number of hydrogen-bond acceptors (Lipinski definition) is 0. The van der Waals surface area contributed by atoms with Gasteiger partial charge in [0.1, 0.15) is 0 Å². The summed E-state index contributed by atoms with van der Waals surface area (Å²) in [7, 11) is 0. The van der Waals surface area contributed by atoms with E-state index in [1.807, 2.05) is 0 Å². The Hall–Kier alpha value is 0.662. The van der Waals surface area contributed by atoms with Gasteiger partial charge in [0.05, 0.1) is 0 Å². The van der Waals surface area contributed by atoms with Crippen molar-refractivity contribution < 1.29 is 27.3 Å². The van der Waals surface area contributed by atoms with Crippen LogP contribution >= 0.6 is 0 Å². The van der Waals surface area contributed by atoms with E-state index >= 15 is 0 Å². The smallest absolute Gasteiger partial charge is 0 e. The van der Waals surface area contributed by atoms with Gasteiger partial charge in [0.15, 0.2) is 0 Å². The van der Waals surface area contributed by atoms with E-state index in [-0.39, 0.29) is 27.3 Å². The molecule has 1 radical (unpaired) electrons. The van der Waals surface area contributed by atoms with Gasteiger partial charge in [-0.05, 0) is 13.3 Å². The van der Waals surface area contributed by atoms with Gasteiger partial charge in [-0.25, -0.2) is 0 Å². The molecule has 0 fully saturated rings. The maximum Gasteiger partial charge on any atom is 0 e. The van der Waals surface area contributed by atoms with Crippen LogP contribution in [-0.2, 0) is 27.3 Å². The SMILES string of the molecule is [CH2]CC=C.[Cd]. The molecule has 0 spiro atoms. The molecule has 0 atom stereocenters. The van der Waals surface area contributed by atoms with Crippen LogP contribution in [0.15, 0.2) is 12.7 Å². The van der Waals surface area contributed by atoms with Crippen molar-refractivity contribution in [2.45, 2.75) is 6.42 Å². The van der Waals surface area contributed by atoms with Crippen LogP contribution in [0.25, 0.3) is 0 Å². The molecule has 0 aliphatic heterocycles. The zero-order chi connectivity index (χ0) is 3.41. The Balaban J connectivity index is 0. The molecule has 0 unspecified atom stereocenters. The average molecular weight is 168 g/mol. The van der Waals surface area contributed by atoms with Gasteiger partial charge in [-0.15, -0.1) is 6.58 Å². The quantitative estimate of drug-likeness (QED) is 0.409. The average Bonchev–Trinajstić information content (AvgIpc) is 1.37. The van der Waals surface area contributed by atoms with Crippen LogP contribution in [0.2, 0.25) is 0 Å². The second-order valence-corrected chi connectivity index (χ2v) is 0.577. The monoisotopic (exact) mass is 169 g/mol. The van der Waals surface area contributed by atoms with Crippen molar-refractivity contribution in [2.24, 2.45) is 0 Å². The van der Waals surface area contributed by atoms with Crippen molar-refractivity contribution in [3.8, 4) is 0 Å². The van der Waals surface area contributed by atoms with Gasteiger partial charge in [0, 0.05) is 27.3 Å². The van der Waals surface area contributed by atoms with E-state index in [1.54, 1.807) is 6.08 Å². The van der Waals surface area contributed by atoms with E-state index in [0.29, 0.717) is 0 Å². The predicted octanol–water partition coefficient (Wildman–Crippen LogP) is 1.39. The number of allylic oxidation sites excluding steroid dienone is 1. The molecule has 0 bridgehead atoms. The van der Waals surface area contributed by atoms with E-state index in [2.05, 4.69) is 13.5 Å². The molecule has 0 amide bonds. The fourth-order valence-electron chi connectivity index (χ4n) is 0. The fourth-order valence-corrected chi connectivity index (χ4v) is 0. The van der Waals surface area contributed by atoms with Crippen LogP contribution < -0.4 is 0 Å². The molecule has 5 heavy (non-hydrogen) atoms. The predicted molar refractivity (Wildman–Crippen MR) is 20.2 cm³/mol. The van der Waals surface area contributed by atoms with Gasteiger partial charge < -0.3 is 0 Å². The van der Waals surface area contributed by atoms with Crippen LogP contribution in [-0.4, -0.2) is 0 Å². The zero-order valence-corrected chi connectivity index (χ0v) is 7.44. The first-order chi connectivity index (χ1) is 1.91. The van der Waals surface area contributed by atoms with Crippen molar-refractivity contribution in [2.75, 3.05) is 0 Å². The Bertz CT molecular complexity index is 17.6. The van der Waals surface area contributed by atoms with Gasteiger partial charge in [-0.1, -0.05) is 6.08 Å². The summed E-state index contributed by atoms with van der Waals surface area (Å²) in [5.41, 5.74) is 0. The molecule has 0 nitrogen and oxygen atoms in total. The molecular weight excluding hydrogens is 160 g/mol. The molecule has 0 saturated carbocycles. The molecule has 0 rings (SSSR count). The van der Waals surface area contributed by atoms with E-state index in [0.717, 1.165) is 6.42 Å². The molecule has 25 valence electrons. The molecular formula is C4H7Cd. The summed E-state index contributed by atoms with van der Waals surface area (Å²) in [6, 6.07) is 0. The Labute approximate surface area is 53.4 Å². The van der Waals surface area contributed by atoms with Crippen molar-refractivity contribution in [3.05, 3.63) is 19.6 Å². The number of hydrogen-bond donors (Lipinski definition) is 0. The summed E-state index contributed by atoms with van der Waals surface area (Å²) in [5.74, 6) is 0. The zero-order valence-electron chi connectivity index (χ0n) is 3.41. The summed E-state index contributed by atoms with van der Waals surface area (Å²) in [5, 5.41) is 0. The first-order valence-corrected chi connectivity index (χ1v) is 1.32. The number of rotatable bonds is 1. The molecule has 0 aliphatic rings. The third-order valence-electron chi connectivity index (χ3n) is 0.204. The van der Waals surface area contributed by atoms with Gasteiger partial charge in [0.2, 0.25) is 0 Å². The topological polar surface area (TPSA) is 0 Å². The van der Waals surface area contributed by atoms with Crippen LogP contribution in [0, 0.1) is 6.92 Å². The van der Waals surface area contributed by atoms with Gasteiger partial charge >= 0.3 is 0 Å². The molecule has 0 N–H and O–H groups in total. The van der Waals surface area contributed by atoms with E-state index in [1.165, 1.54) is 0 Å². The standard InChI is InChI=1S/C4H7.Cd/c1-3-4-2;/h3H,1-2,4H2;. The van der Waals surface area contributed by atoms with E-state index in [9.17, 15) is 0 Å². The molecule has 0 aromatic carbocycles. The Morgan fingerprint density at radius 1 is 1.60 bits per heavy atom. The minimum atomic E-state index is 0. The Morgan fingerprint density at radius 2 is 1.80 bits per heavy atom. The first-order valence-electron chi connectivity index (χ1n) is 1.32. The van der Waals surface area contributed by atoms with Crippen molar-refractivity contribution in [1.29, 1.82) is 0 Å². The van der Waals surface area contributed by atoms with Crippen LogP contribution in [0.4, 0.5) is 0 Å². The molecule has 0 heterocycles. The maximum absolute atomic E-state index is 3.49. The summed E-state index contributed by atoms with van der Waals surface area (Å²) in [6.45, 7) is 6.90. The fraction of sp³-hybridized carbons (Fsp3) is 0.250. The van der Waals surface area contributed by atoms with E-state index in [4.69, 9.17) is 0 Å². The summed E-state index contributed by atoms with van der Waals surface area (Å²) in [4.78, 5) is 0. The Kier molecular flexibility index (Phi) is 16.2. The minimum Gasteiger partial charge on any atom is -0.103 e. The third-order valence-corrected chi connectivity index (χ3v) is 0.204. The second kappa shape index (κ2) is 8.82. The van der Waals surface area contributed by atoms with Gasteiger partial charge in [-0.3, -0.25) is 0 Å². The molecule has 0 saturated heterocycles. The molecule has 0 aromatic rings. The minimum absolute atomic E-state index is 0. The maximum atomic E-state index is 3.49. The summed E-state index contributed by atoms with van der Waals surface area (Å²) >= 11 is 0. The van der Waals surface area contributed by atoms with Crippen LogP contribution in [0.3, 0.4) is 0 Å². The normalized spacial score (nSPS) is 5.00. The largest absolute Gasteiger partial charge is 0.103 e. The van der Waals surface area contributed by atoms with Gasteiger partial charge in [0.25, 0.3) is 0 Å². The summed E-state index contributed by atoms with van der Waals surface area (Å²) < 4.78 is 0. The van der Waals surface area contributed by atoms with Crippen LogP contribution in [0.1, 0.15) is 6.42 Å². The first kappa shape index (κ1) is 9.18. The third kappa shape index (κ3) is 12.0. The van der Waals surface area contributed by atoms with Crippen molar-refractivity contribution >= 4 is 0 Å². The van der Waals surface area contributed by atoms with Gasteiger partial charge in [-0.2, -0.15) is 0 Å². The molecule has 1 heteroatoms. The summed E-state index contributed by atoms with van der Waals surface area (Å²) in [6.07, 6.45) is 2.60. The van der Waals surface area contributed by atoms with Crippen molar-refractivity contribution in [1.82, 2.24) is 0 Å². The Morgan fingerprint density at radius 3 is 1.80 bits per heavy atom. The molecule has 0 aromatic heterocycles. The van der Waals surface area contributed by atoms with Crippen LogP contribution in [0.5, 0.6) is 0 Å². The van der Waals surface area contributed by atoms with Crippen molar-refractivity contribution in [3.63, 3.8) is 0 Å². The van der Waals surface area contributed by atoms with E-state index < -0.39 is 0 Å².